The number of halogens is 1. The van der Waals surface area contributed by atoms with Gasteiger partial charge in [0.05, 0.1) is 0 Å². The van der Waals surface area contributed by atoms with Crippen molar-refractivity contribution in [2.24, 2.45) is 5.90 Å². The summed E-state index contributed by atoms with van der Waals surface area (Å²) in [5.74, 6) is 3.50. The summed E-state index contributed by atoms with van der Waals surface area (Å²) < 4.78 is 64.4. The van der Waals surface area contributed by atoms with Gasteiger partial charge >= 0.3 is 91.3 Å². The van der Waals surface area contributed by atoms with E-state index >= 15 is 0 Å². The first-order valence-corrected chi connectivity index (χ1v) is 4.40. The molecular weight excluding hydrogens is 364 g/mol. The van der Waals surface area contributed by atoms with Gasteiger partial charge in [0.2, 0.25) is 10.4 Å². The molecule has 0 spiro atoms. The van der Waals surface area contributed by atoms with Crippen LogP contribution in [0.4, 0.5) is 0 Å². The number of nitrogens with two attached hydrogens (primary N) is 1. The van der Waals surface area contributed by atoms with E-state index in [1.807, 2.05) is 0 Å². The molecule has 0 aliphatic heterocycles. The van der Waals surface area contributed by atoms with E-state index in [1.165, 1.54) is 0 Å². The third-order valence-electron chi connectivity index (χ3n) is 0. The average molecular weight is 370 g/mol. The number of rotatable bonds is 0. The maximum Gasteiger partial charge on any atom is 1.00 e. The minimum Gasteiger partial charge on any atom is -1.00 e. The van der Waals surface area contributed by atoms with Crippen molar-refractivity contribution in [1.82, 2.24) is 0 Å². The molecule has 0 aromatic heterocycles. The fourth-order valence-electron chi connectivity index (χ4n) is 0. The summed E-state index contributed by atoms with van der Waals surface area (Å²) in [7, 11) is -9.58. The molecule has 0 unspecified atom stereocenters. The fraction of sp³-hybridized carbons (Fsp3) is 0. The van der Waals surface area contributed by atoms with Crippen LogP contribution >= 0.6 is 0 Å². The van der Waals surface area contributed by atoms with Crippen LogP contribution in [0.25, 0.3) is 0 Å². The van der Waals surface area contributed by atoms with Crippen molar-refractivity contribution >= 4 is 20.8 Å². The third-order valence-corrected chi connectivity index (χ3v) is 0. The summed E-state index contributed by atoms with van der Waals surface area (Å²) in [5.41, 5.74) is 0. The molecule has 15 heteroatoms. The van der Waals surface area contributed by atoms with Gasteiger partial charge in [-0.25, -0.2) is 14.3 Å². The molecule has 0 bridgehead atoms. The van der Waals surface area contributed by atoms with E-state index in [2.05, 4.69) is 5.90 Å². The standard InChI is InChI=1S/BrH.K.H3NO.Na.2H2O4S/c;;1-2;;2*1-5(2,3)4/h1H;;2H,1H2;;2*(H2,1,2,3,4)/q;+1;;+1;;/p-2. The number of hydrogen-bond donors (Lipinski definition) is 5. The Morgan fingerprint density at radius 2 is 0.933 bits per heavy atom. The topological polar surface area (TPSA) is 198 Å². The van der Waals surface area contributed by atoms with Crippen LogP contribution < -0.4 is 104 Å². The van der Waals surface area contributed by atoms with E-state index in [4.69, 9.17) is 40.3 Å². The van der Waals surface area contributed by atoms with Gasteiger partial charge in [-0.2, -0.15) is 8.42 Å². The first kappa shape index (κ1) is 36.1. The molecule has 0 radical (unpaired) electrons. The Bertz CT molecular complexity index is 224. The zero-order chi connectivity index (χ0) is 11.0. The van der Waals surface area contributed by atoms with E-state index in [1.54, 1.807) is 0 Å². The molecule has 0 atom stereocenters. The van der Waals surface area contributed by atoms with Crippen molar-refractivity contribution in [3.63, 3.8) is 0 Å². The Hall–Kier alpha value is 2.78. The Labute approximate surface area is 162 Å². The average Bonchev–Trinajstić information content (AvgIpc) is 1.59. The van der Waals surface area contributed by atoms with E-state index in [0.717, 1.165) is 0 Å². The normalized spacial score (nSPS) is 8.13. The summed E-state index contributed by atoms with van der Waals surface area (Å²) in [6, 6.07) is 0. The van der Waals surface area contributed by atoms with Crippen LogP contribution in [0.1, 0.15) is 0 Å². The van der Waals surface area contributed by atoms with Crippen LogP contribution in [0.15, 0.2) is 0 Å². The summed E-state index contributed by atoms with van der Waals surface area (Å²) >= 11 is 0. The third kappa shape index (κ3) is 475. The molecule has 0 fully saturated rings. The maximum absolute atomic E-state index is 8.74. The van der Waals surface area contributed by atoms with Crippen molar-refractivity contribution in [3.8, 4) is 0 Å². The van der Waals surface area contributed by atoms with Gasteiger partial charge in [-0.15, -0.1) is 0 Å². The smallest absolute Gasteiger partial charge is 1.00 e. The molecule has 0 saturated carbocycles. The first-order chi connectivity index (χ1) is 5.00. The van der Waals surface area contributed by atoms with Gasteiger partial charge in [-0.3, -0.25) is 13.7 Å². The molecule has 0 aliphatic rings. The second-order valence-corrected chi connectivity index (χ2v) is 2.63. The molecule has 0 heterocycles. The molecular formula is H6BrKNNaO9S2. The van der Waals surface area contributed by atoms with Crippen LogP contribution in [-0.2, 0) is 20.8 Å². The molecule has 0 aliphatic carbocycles. The molecule has 15 heavy (non-hydrogen) atoms. The fourth-order valence-corrected chi connectivity index (χ4v) is 0. The zero-order valence-electron chi connectivity index (χ0n) is 7.60. The summed E-state index contributed by atoms with van der Waals surface area (Å²) in [6.07, 6.45) is 0. The van der Waals surface area contributed by atoms with Gasteiger partial charge in [0.15, 0.2) is 0 Å². The van der Waals surface area contributed by atoms with E-state index in [0.29, 0.717) is 0 Å². The van der Waals surface area contributed by atoms with Gasteiger partial charge in [-0.1, -0.05) is 0 Å². The van der Waals surface area contributed by atoms with Crippen LogP contribution in [0.5, 0.6) is 0 Å². The van der Waals surface area contributed by atoms with Gasteiger partial charge in [0, 0.05) is 0 Å². The van der Waals surface area contributed by atoms with Crippen molar-refractivity contribution in [1.29, 1.82) is 0 Å². The molecule has 0 rings (SSSR count). The van der Waals surface area contributed by atoms with Gasteiger partial charge in [-0.05, 0) is 0 Å². The van der Waals surface area contributed by atoms with Crippen LogP contribution in [0.3, 0.4) is 0 Å². The Balaban J connectivity index is -0.0000000197. The van der Waals surface area contributed by atoms with Gasteiger partial charge in [0.1, 0.15) is 0 Å². The Morgan fingerprint density at radius 3 is 0.933 bits per heavy atom. The van der Waals surface area contributed by atoms with E-state index in [9.17, 15) is 0 Å². The van der Waals surface area contributed by atoms with Crippen LogP contribution in [0.2, 0.25) is 0 Å². The van der Waals surface area contributed by atoms with Crippen molar-refractivity contribution in [2.45, 2.75) is 0 Å². The van der Waals surface area contributed by atoms with Crippen molar-refractivity contribution in [2.75, 3.05) is 0 Å². The van der Waals surface area contributed by atoms with Gasteiger partial charge < -0.3 is 26.7 Å². The predicted octanol–water partition coefficient (Wildman–Crippen LogP) is -11.3. The van der Waals surface area contributed by atoms with E-state index < -0.39 is 20.8 Å². The van der Waals surface area contributed by atoms with Gasteiger partial charge in [0.25, 0.3) is 0 Å². The Morgan fingerprint density at radius 1 is 0.933 bits per heavy atom. The minimum absolute atomic E-state index is 0. The summed E-state index contributed by atoms with van der Waals surface area (Å²) in [4.78, 5) is 0. The van der Waals surface area contributed by atoms with Crippen LogP contribution in [0, 0.1) is 0 Å². The largest absolute Gasteiger partial charge is 1.00 e. The monoisotopic (exact) mass is 369 g/mol. The summed E-state index contributed by atoms with van der Waals surface area (Å²) in [5, 5.41) is 6.50. The maximum atomic E-state index is 8.74. The molecule has 0 amide bonds. The summed E-state index contributed by atoms with van der Waals surface area (Å²) in [6.45, 7) is 0. The Kier molecular flexibility index (Phi) is 46.0. The quantitative estimate of drug-likeness (QED) is 0.118. The first-order valence-electron chi connectivity index (χ1n) is 1.64. The molecule has 86 valence electrons. The molecule has 10 nitrogen and oxygen atoms in total. The molecule has 6 N–H and O–H groups in total. The zero-order valence-corrected chi connectivity index (χ0v) is 15.9. The predicted molar refractivity (Wildman–Crippen MR) is 32.5 cm³/mol. The minimum atomic E-state index is -4.92. The number of hydrogen-bond acceptors (Lipinski definition) is 7. The van der Waals surface area contributed by atoms with E-state index in [-0.39, 0.29) is 97.9 Å². The van der Waals surface area contributed by atoms with Crippen molar-refractivity contribution < 1.29 is 138 Å². The SMILES string of the molecule is NO.O=S(=O)(O)O.O=S(=O)([O-])O.[Br-].[K+].[Na+]. The van der Waals surface area contributed by atoms with Crippen molar-refractivity contribution in [3.05, 3.63) is 0 Å². The van der Waals surface area contributed by atoms with Crippen LogP contribution in [-0.4, -0.2) is 40.3 Å². The second-order valence-electron chi connectivity index (χ2n) is 0.876. The molecule has 0 aromatic carbocycles. The second kappa shape index (κ2) is 19.1. The molecule has 0 saturated heterocycles. The molecule has 0 aromatic rings.